The fourth-order valence-corrected chi connectivity index (χ4v) is 4.33. The highest BCUT2D eigenvalue weighted by atomic mass is 32.1. The van der Waals surface area contributed by atoms with Gasteiger partial charge in [0.05, 0.1) is 0 Å². The van der Waals surface area contributed by atoms with E-state index in [1.54, 1.807) is 11.1 Å². The Balaban J connectivity index is 1.42. The molecule has 11 heteroatoms. The summed E-state index contributed by atoms with van der Waals surface area (Å²) >= 11 is 6.14. The molecule has 3 heterocycles. The summed E-state index contributed by atoms with van der Waals surface area (Å²) in [5, 5.41) is 12.3. The molecule has 1 atom stereocenters. The lowest BCUT2D eigenvalue weighted by atomic mass is 10.0. The van der Waals surface area contributed by atoms with Crippen molar-refractivity contribution in [1.82, 2.24) is 25.4 Å². The molecule has 32 heavy (non-hydrogen) atoms. The summed E-state index contributed by atoms with van der Waals surface area (Å²) in [4.78, 5) is 34.2. The molecular formula is C21H23N7O2S2. The van der Waals surface area contributed by atoms with Crippen LogP contribution in [0.4, 0.5) is 15.7 Å². The van der Waals surface area contributed by atoms with Gasteiger partial charge in [-0.3, -0.25) is 15.2 Å². The van der Waals surface area contributed by atoms with E-state index in [0.717, 1.165) is 22.7 Å². The third kappa shape index (κ3) is 5.68. The van der Waals surface area contributed by atoms with Gasteiger partial charge in [0.2, 0.25) is 11.0 Å². The van der Waals surface area contributed by atoms with Crippen LogP contribution in [0.5, 0.6) is 0 Å². The lowest BCUT2D eigenvalue weighted by Crippen LogP contribution is -2.56. The van der Waals surface area contributed by atoms with E-state index in [1.807, 2.05) is 48.5 Å². The van der Waals surface area contributed by atoms with Gasteiger partial charge in [-0.05, 0) is 29.9 Å². The molecule has 0 aliphatic carbocycles. The van der Waals surface area contributed by atoms with Crippen LogP contribution in [0.15, 0.2) is 54.7 Å². The van der Waals surface area contributed by atoms with E-state index in [-0.39, 0.29) is 5.91 Å². The van der Waals surface area contributed by atoms with Crippen LogP contribution in [0.1, 0.15) is 5.56 Å². The summed E-state index contributed by atoms with van der Waals surface area (Å²) in [5.41, 5.74) is 0.966. The van der Waals surface area contributed by atoms with Crippen LogP contribution in [0.3, 0.4) is 0 Å². The molecule has 1 aliphatic rings. The van der Waals surface area contributed by atoms with Crippen molar-refractivity contribution < 1.29 is 9.59 Å². The Hall–Kier alpha value is -3.31. The SMILES string of the molecule is O=C(Nc1n[nH]c(=S)s1)NC(Cc1ccccc1)C(=O)N1CCN(c2ccccn2)CC1. The van der Waals surface area contributed by atoms with Gasteiger partial charge >= 0.3 is 6.03 Å². The highest BCUT2D eigenvalue weighted by Crippen LogP contribution is 2.15. The van der Waals surface area contributed by atoms with Crippen molar-refractivity contribution in [2.45, 2.75) is 12.5 Å². The van der Waals surface area contributed by atoms with E-state index in [0.29, 0.717) is 41.7 Å². The lowest BCUT2D eigenvalue weighted by Gasteiger charge is -2.37. The van der Waals surface area contributed by atoms with Gasteiger partial charge in [0.1, 0.15) is 11.9 Å². The number of carbonyl (C=O) groups is 2. The Kier molecular flexibility index (Phi) is 7.07. The molecule has 3 aromatic rings. The maximum atomic E-state index is 13.4. The number of H-pyrrole nitrogens is 1. The number of hydrogen-bond acceptors (Lipinski definition) is 7. The third-order valence-corrected chi connectivity index (χ3v) is 6.11. The predicted octanol–water partition coefficient (Wildman–Crippen LogP) is 2.68. The number of pyridine rings is 1. The lowest BCUT2D eigenvalue weighted by molar-refractivity contribution is -0.133. The molecule has 1 aliphatic heterocycles. The topological polar surface area (TPSA) is 106 Å². The van der Waals surface area contributed by atoms with E-state index in [9.17, 15) is 9.59 Å². The molecule has 2 aromatic heterocycles. The number of nitrogens with one attached hydrogen (secondary N) is 3. The van der Waals surface area contributed by atoms with Crippen LogP contribution in [0.25, 0.3) is 0 Å². The number of piperazine rings is 1. The minimum Gasteiger partial charge on any atom is -0.353 e. The number of urea groups is 1. The molecule has 3 amide bonds. The zero-order valence-corrected chi connectivity index (χ0v) is 18.9. The van der Waals surface area contributed by atoms with Crippen molar-refractivity contribution in [3.05, 3.63) is 64.2 Å². The van der Waals surface area contributed by atoms with E-state index < -0.39 is 12.1 Å². The molecular weight excluding hydrogens is 446 g/mol. The van der Waals surface area contributed by atoms with E-state index in [4.69, 9.17) is 12.2 Å². The number of carbonyl (C=O) groups excluding carboxylic acids is 2. The zero-order valence-electron chi connectivity index (χ0n) is 17.2. The van der Waals surface area contributed by atoms with Crippen LogP contribution in [0.2, 0.25) is 0 Å². The van der Waals surface area contributed by atoms with Gasteiger partial charge in [0.25, 0.3) is 0 Å². The van der Waals surface area contributed by atoms with Gasteiger partial charge in [-0.15, -0.1) is 5.10 Å². The second-order valence-corrected chi connectivity index (χ2v) is 8.93. The summed E-state index contributed by atoms with van der Waals surface area (Å²) in [5.74, 6) is 0.790. The standard InChI is InChI=1S/C21H23N7O2S2/c29-18(28-12-10-27(11-13-28)17-8-4-5-9-22-17)16(14-15-6-2-1-3-7-15)23-19(30)24-20-25-26-21(31)32-20/h1-9,16H,10-14H2,(H,26,31)(H2,23,24,25,30). The number of aromatic amines is 1. The first-order valence-electron chi connectivity index (χ1n) is 10.2. The number of nitrogens with zero attached hydrogens (tertiary/aromatic N) is 4. The maximum Gasteiger partial charge on any atom is 0.321 e. The molecule has 1 unspecified atom stereocenters. The quantitative estimate of drug-likeness (QED) is 0.480. The Labute approximate surface area is 194 Å². The first kappa shape index (κ1) is 21.9. The largest absolute Gasteiger partial charge is 0.353 e. The molecule has 0 radical (unpaired) electrons. The predicted molar refractivity (Wildman–Crippen MR) is 126 cm³/mol. The van der Waals surface area contributed by atoms with E-state index in [1.165, 1.54) is 0 Å². The summed E-state index contributed by atoms with van der Waals surface area (Å²) in [7, 11) is 0. The highest BCUT2D eigenvalue weighted by molar-refractivity contribution is 7.73. The van der Waals surface area contributed by atoms with Crippen LogP contribution >= 0.6 is 23.6 Å². The summed E-state index contributed by atoms with van der Waals surface area (Å²) in [6.45, 7) is 2.49. The molecule has 166 valence electrons. The fraction of sp³-hybridized carbons (Fsp3) is 0.286. The average Bonchev–Trinajstić information content (AvgIpc) is 3.23. The molecule has 9 nitrogen and oxygen atoms in total. The molecule has 3 N–H and O–H groups in total. The van der Waals surface area contributed by atoms with Gasteiger partial charge in [0, 0.05) is 38.8 Å². The second kappa shape index (κ2) is 10.3. The average molecular weight is 470 g/mol. The minimum atomic E-state index is -0.703. The van der Waals surface area contributed by atoms with Gasteiger partial charge in [-0.1, -0.05) is 47.7 Å². The third-order valence-electron chi connectivity index (χ3n) is 5.11. The molecule has 0 spiro atoms. The van der Waals surface area contributed by atoms with E-state index in [2.05, 4.69) is 30.7 Å². The van der Waals surface area contributed by atoms with Crippen LogP contribution in [0, 0.1) is 3.95 Å². The van der Waals surface area contributed by atoms with Crippen molar-refractivity contribution in [2.24, 2.45) is 0 Å². The number of benzene rings is 1. The minimum absolute atomic E-state index is 0.112. The Bertz CT molecular complexity index is 1100. The first-order chi connectivity index (χ1) is 15.6. The van der Waals surface area contributed by atoms with E-state index >= 15 is 0 Å². The second-order valence-electron chi connectivity index (χ2n) is 7.26. The number of hydrogen-bond donors (Lipinski definition) is 3. The molecule has 0 saturated carbocycles. The summed E-state index contributed by atoms with van der Waals surface area (Å²) in [6, 6.07) is 14.2. The first-order valence-corrected chi connectivity index (χ1v) is 11.4. The van der Waals surface area contributed by atoms with Crippen molar-refractivity contribution in [2.75, 3.05) is 36.4 Å². The summed E-state index contributed by atoms with van der Waals surface area (Å²) < 4.78 is 0.461. The summed E-state index contributed by atoms with van der Waals surface area (Å²) in [6.07, 6.45) is 2.16. The van der Waals surface area contributed by atoms with Crippen LogP contribution in [-0.2, 0) is 11.2 Å². The highest BCUT2D eigenvalue weighted by Gasteiger charge is 2.29. The van der Waals surface area contributed by atoms with Crippen LogP contribution < -0.4 is 15.5 Å². The van der Waals surface area contributed by atoms with Gasteiger partial charge in [-0.25, -0.2) is 9.78 Å². The van der Waals surface area contributed by atoms with Crippen molar-refractivity contribution in [1.29, 1.82) is 0 Å². The van der Waals surface area contributed by atoms with Gasteiger partial charge < -0.3 is 15.1 Å². The maximum absolute atomic E-state index is 13.4. The Morgan fingerprint density at radius 2 is 1.84 bits per heavy atom. The molecule has 1 saturated heterocycles. The zero-order chi connectivity index (χ0) is 22.3. The normalized spacial score (nSPS) is 14.6. The van der Waals surface area contributed by atoms with Gasteiger partial charge in [-0.2, -0.15) is 0 Å². The Morgan fingerprint density at radius 3 is 2.50 bits per heavy atom. The van der Waals surface area contributed by atoms with Crippen molar-refractivity contribution in [3.63, 3.8) is 0 Å². The molecule has 4 rings (SSSR count). The van der Waals surface area contributed by atoms with Crippen LogP contribution in [-0.4, -0.2) is 64.2 Å². The number of aromatic nitrogens is 3. The van der Waals surface area contributed by atoms with Crippen molar-refractivity contribution in [3.8, 4) is 0 Å². The molecule has 1 fully saturated rings. The van der Waals surface area contributed by atoms with Gasteiger partial charge in [0.15, 0.2) is 3.95 Å². The van der Waals surface area contributed by atoms with Crippen molar-refractivity contribution >= 4 is 46.4 Å². The Morgan fingerprint density at radius 1 is 1.09 bits per heavy atom. The monoisotopic (exact) mass is 469 g/mol. The number of amides is 3. The molecule has 1 aromatic carbocycles. The molecule has 0 bridgehead atoms. The number of anilines is 2. The number of rotatable bonds is 6. The smallest absolute Gasteiger partial charge is 0.321 e. The fourth-order valence-electron chi connectivity index (χ4n) is 3.54.